The van der Waals surface area contributed by atoms with Crippen molar-refractivity contribution in [2.75, 3.05) is 37.6 Å². The summed E-state index contributed by atoms with van der Waals surface area (Å²) in [5, 5.41) is 7.96. The Morgan fingerprint density at radius 2 is 1.62 bits per heavy atom. The molecule has 1 saturated heterocycles. The van der Waals surface area contributed by atoms with Gasteiger partial charge in [-0.15, -0.1) is 0 Å². The van der Waals surface area contributed by atoms with Crippen LogP contribution in [0.5, 0.6) is 0 Å². The monoisotopic (exact) mass is 481 g/mol. The SMILES string of the molecule is O=C(NCC(=O)N1CCN(c2ccc(Cl)cc2)CC1)c1nn(-c2ccc(F)cc2)c2c1CCC2. The molecule has 1 aromatic heterocycles. The first kappa shape index (κ1) is 22.4. The molecule has 2 aliphatic rings. The third kappa shape index (κ3) is 4.50. The number of halogens is 2. The van der Waals surface area contributed by atoms with E-state index in [1.54, 1.807) is 21.7 Å². The maximum absolute atomic E-state index is 13.3. The number of benzene rings is 2. The van der Waals surface area contributed by atoms with Gasteiger partial charge < -0.3 is 15.1 Å². The van der Waals surface area contributed by atoms with Crippen LogP contribution in [0.25, 0.3) is 5.69 Å². The van der Waals surface area contributed by atoms with E-state index in [1.807, 2.05) is 24.3 Å². The number of hydrogen-bond acceptors (Lipinski definition) is 4. The van der Waals surface area contributed by atoms with Gasteiger partial charge in [0.25, 0.3) is 5.91 Å². The predicted octanol–water partition coefficient (Wildman–Crippen LogP) is 3.23. The average Bonchev–Trinajstić information content (AvgIpc) is 3.47. The third-order valence-corrected chi connectivity index (χ3v) is 6.69. The number of carbonyl (C=O) groups is 2. The second kappa shape index (κ2) is 9.46. The smallest absolute Gasteiger partial charge is 0.272 e. The average molecular weight is 482 g/mol. The van der Waals surface area contributed by atoms with Crippen LogP contribution in [-0.2, 0) is 17.6 Å². The summed E-state index contributed by atoms with van der Waals surface area (Å²) in [6.45, 7) is 2.55. The molecule has 7 nitrogen and oxygen atoms in total. The molecular formula is C25H25ClFN5O2. The zero-order chi connectivity index (χ0) is 23.7. The fourth-order valence-corrected chi connectivity index (χ4v) is 4.76. The topological polar surface area (TPSA) is 70.5 Å². The van der Waals surface area contributed by atoms with Gasteiger partial charge in [0.05, 0.1) is 12.2 Å². The number of nitrogens with zero attached hydrogens (tertiary/aromatic N) is 4. The first-order valence-corrected chi connectivity index (χ1v) is 11.8. The van der Waals surface area contributed by atoms with Gasteiger partial charge in [0.2, 0.25) is 5.91 Å². The van der Waals surface area contributed by atoms with Gasteiger partial charge >= 0.3 is 0 Å². The molecule has 0 saturated carbocycles. The van der Waals surface area contributed by atoms with Crippen LogP contribution in [0.1, 0.15) is 28.2 Å². The van der Waals surface area contributed by atoms with Crippen LogP contribution in [-0.4, -0.2) is 59.2 Å². The number of aromatic nitrogens is 2. The zero-order valence-corrected chi connectivity index (χ0v) is 19.4. The highest BCUT2D eigenvalue weighted by atomic mass is 35.5. The standard InChI is InChI=1S/C25H25ClFN5O2/c26-17-4-8-19(9-5-17)30-12-14-31(15-13-30)23(33)16-28-25(34)24-21-2-1-3-22(21)32(29-24)20-10-6-18(27)7-11-20/h4-11H,1-3,12-16H2,(H,28,34). The van der Waals surface area contributed by atoms with E-state index in [9.17, 15) is 14.0 Å². The summed E-state index contributed by atoms with van der Waals surface area (Å²) >= 11 is 5.96. The fraction of sp³-hybridized carbons (Fsp3) is 0.320. The first-order valence-electron chi connectivity index (χ1n) is 11.4. The minimum Gasteiger partial charge on any atom is -0.368 e. The Morgan fingerprint density at radius 3 is 2.32 bits per heavy atom. The molecule has 0 unspecified atom stereocenters. The molecular weight excluding hydrogens is 457 g/mol. The molecule has 2 heterocycles. The van der Waals surface area contributed by atoms with Gasteiger partial charge in [-0.1, -0.05) is 11.6 Å². The molecule has 0 bridgehead atoms. The van der Waals surface area contributed by atoms with E-state index in [-0.39, 0.29) is 24.2 Å². The molecule has 2 aromatic carbocycles. The first-order chi connectivity index (χ1) is 16.5. The molecule has 1 N–H and O–H groups in total. The lowest BCUT2D eigenvalue weighted by atomic mass is 10.2. The van der Waals surface area contributed by atoms with Crippen LogP contribution in [0.2, 0.25) is 5.02 Å². The van der Waals surface area contributed by atoms with Gasteiger partial charge in [-0.3, -0.25) is 9.59 Å². The molecule has 176 valence electrons. The zero-order valence-electron chi connectivity index (χ0n) is 18.6. The second-order valence-corrected chi connectivity index (χ2v) is 8.98. The molecule has 5 rings (SSSR count). The molecule has 0 spiro atoms. The molecule has 3 aromatic rings. The molecule has 1 aliphatic carbocycles. The quantitative estimate of drug-likeness (QED) is 0.607. The summed E-state index contributed by atoms with van der Waals surface area (Å²) in [7, 11) is 0. The molecule has 0 atom stereocenters. The fourth-order valence-electron chi connectivity index (χ4n) is 4.63. The highest BCUT2D eigenvalue weighted by molar-refractivity contribution is 6.30. The Hall–Kier alpha value is -3.39. The lowest BCUT2D eigenvalue weighted by Gasteiger charge is -2.36. The molecule has 1 fully saturated rings. The highest BCUT2D eigenvalue weighted by Crippen LogP contribution is 2.28. The Labute approximate surface area is 202 Å². The van der Waals surface area contributed by atoms with E-state index >= 15 is 0 Å². The van der Waals surface area contributed by atoms with E-state index < -0.39 is 0 Å². The Kier molecular flexibility index (Phi) is 6.24. The number of rotatable bonds is 5. The Bertz CT molecular complexity index is 1200. The van der Waals surface area contributed by atoms with Crippen molar-refractivity contribution in [1.29, 1.82) is 0 Å². The van der Waals surface area contributed by atoms with Crippen LogP contribution in [0.15, 0.2) is 48.5 Å². The van der Waals surface area contributed by atoms with Gasteiger partial charge in [-0.05, 0) is 67.8 Å². The molecule has 0 radical (unpaired) electrons. The summed E-state index contributed by atoms with van der Waals surface area (Å²) in [4.78, 5) is 29.6. The predicted molar refractivity (Wildman–Crippen MR) is 128 cm³/mol. The third-order valence-electron chi connectivity index (χ3n) is 6.44. The number of piperazine rings is 1. The maximum Gasteiger partial charge on any atom is 0.272 e. The van der Waals surface area contributed by atoms with Crippen LogP contribution in [0, 0.1) is 5.82 Å². The van der Waals surface area contributed by atoms with E-state index in [0.717, 1.165) is 49.3 Å². The van der Waals surface area contributed by atoms with Gasteiger partial charge in [0.15, 0.2) is 5.69 Å². The number of anilines is 1. The van der Waals surface area contributed by atoms with Gasteiger partial charge in [-0.25, -0.2) is 9.07 Å². The van der Waals surface area contributed by atoms with Crippen LogP contribution >= 0.6 is 11.6 Å². The summed E-state index contributed by atoms with van der Waals surface area (Å²) in [5.74, 6) is -0.788. The van der Waals surface area contributed by atoms with Crippen molar-refractivity contribution in [3.8, 4) is 5.69 Å². The lowest BCUT2D eigenvalue weighted by molar-refractivity contribution is -0.130. The van der Waals surface area contributed by atoms with Crippen LogP contribution < -0.4 is 10.2 Å². The highest BCUT2D eigenvalue weighted by Gasteiger charge is 2.28. The Balaban J connectivity index is 1.20. The van der Waals surface area contributed by atoms with Crippen LogP contribution in [0.4, 0.5) is 10.1 Å². The van der Waals surface area contributed by atoms with Gasteiger partial charge in [-0.2, -0.15) is 5.10 Å². The summed E-state index contributed by atoms with van der Waals surface area (Å²) in [6.07, 6.45) is 2.51. The lowest BCUT2D eigenvalue weighted by Crippen LogP contribution is -2.51. The largest absolute Gasteiger partial charge is 0.368 e. The van der Waals surface area contributed by atoms with Crippen molar-refractivity contribution in [3.63, 3.8) is 0 Å². The number of carbonyl (C=O) groups excluding carboxylic acids is 2. The maximum atomic E-state index is 13.3. The molecule has 34 heavy (non-hydrogen) atoms. The second-order valence-electron chi connectivity index (χ2n) is 8.54. The van der Waals surface area contributed by atoms with Crippen molar-refractivity contribution in [2.24, 2.45) is 0 Å². The number of fused-ring (bicyclic) bond motifs is 1. The van der Waals surface area contributed by atoms with Crippen molar-refractivity contribution >= 4 is 29.1 Å². The molecule has 2 amide bonds. The molecule has 1 aliphatic heterocycles. The van der Waals surface area contributed by atoms with E-state index in [1.165, 1.54) is 12.1 Å². The van der Waals surface area contributed by atoms with Crippen molar-refractivity contribution in [2.45, 2.75) is 19.3 Å². The number of amides is 2. The summed E-state index contributed by atoms with van der Waals surface area (Å²) < 4.78 is 15.0. The minimum atomic E-state index is -0.354. The van der Waals surface area contributed by atoms with Gasteiger partial charge in [0, 0.05) is 48.1 Å². The van der Waals surface area contributed by atoms with Crippen molar-refractivity contribution < 1.29 is 14.0 Å². The van der Waals surface area contributed by atoms with Crippen LogP contribution in [0.3, 0.4) is 0 Å². The summed E-state index contributed by atoms with van der Waals surface area (Å²) in [6, 6.07) is 13.7. The van der Waals surface area contributed by atoms with Gasteiger partial charge in [0.1, 0.15) is 5.82 Å². The Morgan fingerprint density at radius 1 is 0.941 bits per heavy atom. The van der Waals surface area contributed by atoms with E-state index in [4.69, 9.17) is 11.6 Å². The van der Waals surface area contributed by atoms with E-state index in [0.29, 0.717) is 29.5 Å². The normalized spacial score (nSPS) is 15.4. The van der Waals surface area contributed by atoms with Crippen molar-refractivity contribution in [3.05, 3.63) is 76.3 Å². The summed E-state index contributed by atoms with van der Waals surface area (Å²) in [5.41, 5.74) is 4.02. The number of hydrogen-bond donors (Lipinski definition) is 1. The van der Waals surface area contributed by atoms with Crippen molar-refractivity contribution in [1.82, 2.24) is 20.0 Å². The minimum absolute atomic E-state index is 0.0715. The molecule has 9 heteroatoms. The van der Waals surface area contributed by atoms with E-state index in [2.05, 4.69) is 15.3 Å². The number of nitrogens with one attached hydrogen (secondary N) is 1.